The van der Waals surface area contributed by atoms with Crippen LogP contribution in [0.5, 0.6) is 0 Å². The second-order valence-electron chi connectivity index (χ2n) is 4.48. The molecule has 1 amide bonds. The van der Waals surface area contributed by atoms with E-state index in [1.807, 2.05) is 11.9 Å². The molecule has 1 saturated heterocycles. The average molecular weight is 249 g/mol. The highest BCUT2D eigenvalue weighted by atomic mass is 16.6. The molecule has 0 radical (unpaired) electrons. The van der Waals surface area contributed by atoms with Crippen LogP contribution in [0.2, 0.25) is 0 Å². The van der Waals surface area contributed by atoms with Crippen molar-refractivity contribution >= 4 is 11.6 Å². The molecule has 18 heavy (non-hydrogen) atoms. The lowest BCUT2D eigenvalue weighted by atomic mass is 10.2. The highest BCUT2D eigenvalue weighted by Gasteiger charge is 2.21. The Balaban J connectivity index is 2.01. The molecule has 0 saturated carbocycles. The van der Waals surface area contributed by atoms with Crippen LogP contribution in [-0.4, -0.2) is 47.3 Å². The predicted octanol–water partition coefficient (Wildman–Crippen LogP) is 0.869. The SMILES string of the molecule is CN1CCN(Cc2ccc([N+](=O)[O-])cc2)C(=O)C1. The van der Waals surface area contributed by atoms with Gasteiger partial charge in [0.25, 0.3) is 5.69 Å². The van der Waals surface area contributed by atoms with Crippen LogP contribution >= 0.6 is 0 Å². The van der Waals surface area contributed by atoms with E-state index in [0.29, 0.717) is 19.6 Å². The fourth-order valence-corrected chi connectivity index (χ4v) is 1.94. The highest BCUT2D eigenvalue weighted by molar-refractivity contribution is 5.79. The Hall–Kier alpha value is -1.95. The Labute approximate surface area is 105 Å². The Kier molecular flexibility index (Phi) is 3.57. The first-order chi connectivity index (χ1) is 8.56. The Bertz CT molecular complexity index is 458. The fraction of sp³-hybridized carbons (Fsp3) is 0.417. The van der Waals surface area contributed by atoms with E-state index >= 15 is 0 Å². The number of carbonyl (C=O) groups is 1. The van der Waals surface area contributed by atoms with Crippen LogP contribution in [0.15, 0.2) is 24.3 Å². The Morgan fingerprint density at radius 1 is 1.28 bits per heavy atom. The number of nitrogens with zero attached hydrogens (tertiary/aromatic N) is 3. The quantitative estimate of drug-likeness (QED) is 0.589. The van der Waals surface area contributed by atoms with Gasteiger partial charge in [-0.15, -0.1) is 0 Å². The van der Waals surface area contributed by atoms with Crippen molar-refractivity contribution < 1.29 is 9.72 Å². The molecule has 1 aliphatic rings. The predicted molar refractivity (Wildman–Crippen MR) is 66.0 cm³/mol. The minimum atomic E-state index is -0.426. The van der Waals surface area contributed by atoms with Gasteiger partial charge in [-0.3, -0.25) is 19.8 Å². The molecule has 1 fully saturated rings. The summed E-state index contributed by atoms with van der Waals surface area (Å²) >= 11 is 0. The molecule has 0 aromatic heterocycles. The van der Waals surface area contributed by atoms with Gasteiger partial charge in [-0.05, 0) is 12.6 Å². The minimum absolute atomic E-state index is 0.0726. The molecule has 1 aromatic rings. The molecule has 0 atom stereocenters. The van der Waals surface area contributed by atoms with Gasteiger partial charge in [0.05, 0.1) is 11.5 Å². The number of hydrogen-bond acceptors (Lipinski definition) is 4. The average Bonchev–Trinajstić information content (AvgIpc) is 2.33. The van der Waals surface area contributed by atoms with Crippen molar-refractivity contribution in [2.75, 3.05) is 26.7 Å². The number of nitro benzene ring substituents is 1. The Morgan fingerprint density at radius 3 is 2.50 bits per heavy atom. The van der Waals surface area contributed by atoms with Gasteiger partial charge in [-0.2, -0.15) is 0 Å². The normalized spacial score (nSPS) is 16.9. The van der Waals surface area contributed by atoms with Crippen LogP contribution in [0.4, 0.5) is 5.69 Å². The zero-order valence-corrected chi connectivity index (χ0v) is 10.2. The van der Waals surface area contributed by atoms with Crippen LogP contribution < -0.4 is 0 Å². The number of likely N-dealkylation sites (N-methyl/N-ethyl adjacent to an activating group) is 1. The lowest BCUT2D eigenvalue weighted by Crippen LogP contribution is -2.48. The van der Waals surface area contributed by atoms with Gasteiger partial charge in [0.2, 0.25) is 5.91 Å². The van der Waals surface area contributed by atoms with Gasteiger partial charge in [-0.25, -0.2) is 0 Å². The second kappa shape index (κ2) is 5.14. The number of benzene rings is 1. The molecule has 0 spiro atoms. The van der Waals surface area contributed by atoms with Gasteiger partial charge in [-0.1, -0.05) is 12.1 Å². The van der Waals surface area contributed by atoms with Crippen molar-refractivity contribution in [3.63, 3.8) is 0 Å². The molecular weight excluding hydrogens is 234 g/mol. The molecule has 1 aromatic carbocycles. The number of non-ortho nitro benzene ring substituents is 1. The monoisotopic (exact) mass is 249 g/mol. The van der Waals surface area contributed by atoms with Crippen molar-refractivity contribution in [1.29, 1.82) is 0 Å². The van der Waals surface area contributed by atoms with Crippen LogP contribution in [-0.2, 0) is 11.3 Å². The standard InChI is InChI=1S/C12H15N3O3/c1-13-6-7-14(12(16)9-13)8-10-2-4-11(5-3-10)15(17)18/h2-5H,6-9H2,1H3. The third-order valence-electron chi connectivity index (χ3n) is 3.03. The summed E-state index contributed by atoms with van der Waals surface area (Å²) in [7, 11) is 1.92. The number of amides is 1. The van der Waals surface area contributed by atoms with Gasteiger partial charge in [0, 0.05) is 31.8 Å². The number of nitro groups is 1. The molecule has 1 heterocycles. The number of hydrogen-bond donors (Lipinski definition) is 0. The van der Waals surface area contributed by atoms with Gasteiger partial charge < -0.3 is 4.90 Å². The maximum atomic E-state index is 11.8. The molecule has 6 heteroatoms. The zero-order valence-electron chi connectivity index (χ0n) is 10.2. The van der Waals surface area contributed by atoms with Crippen molar-refractivity contribution in [1.82, 2.24) is 9.80 Å². The van der Waals surface area contributed by atoms with E-state index in [0.717, 1.165) is 12.1 Å². The van der Waals surface area contributed by atoms with E-state index in [9.17, 15) is 14.9 Å². The van der Waals surface area contributed by atoms with Crippen LogP contribution in [0.1, 0.15) is 5.56 Å². The van der Waals surface area contributed by atoms with E-state index in [2.05, 4.69) is 0 Å². The maximum absolute atomic E-state index is 11.8. The molecule has 0 unspecified atom stereocenters. The lowest BCUT2D eigenvalue weighted by molar-refractivity contribution is -0.384. The van der Waals surface area contributed by atoms with Crippen LogP contribution in [0.25, 0.3) is 0 Å². The van der Waals surface area contributed by atoms with E-state index in [-0.39, 0.29) is 11.6 Å². The van der Waals surface area contributed by atoms with E-state index in [1.54, 1.807) is 17.0 Å². The minimum Gasteiger partial charge on any atom is -0.336 e. The number of carbonyl (C=O) groups excluding carboxylic acids is 1. The van der Waals surface area contributed by atoms with E-state index in [4.69, 9.17) is 0 Å². The molecule has 0 bridgehead atoms. The summed E-state index contributed by atoms with van der Waals surface area (Å²) in [6.07, 6.45) is 0. The molecule has 96 valence electrons. The van der Waals surface area contributed by atoms with Crippen LogP contribution in [0, 0.1) is 10.1 Å². The molecule has 1 aliphatic heterocycles. The van der Waals surface area contributed by atoms with Gasteiger partial charge in [0.15, 0.2) is 0 Å². The van der Waals surface area contributed by atoms with Gasteiger partial charge >= 0.3 is 0 Å². The van der Waals surface area contributed by atoms with Gasteiger partial charge in [0.1, 0.15) is 0 Å². The third kappa shape index (κ3) is 2.84. The van der Waals surface area contributed by atoms with Crippen LogP contribution in [0.3, 0.4) is 0 Å². The highest BCUT2D eigenvalue weighted by Crippen LogP contribution is 2.14. The van der Waals surface area contributed by atoms with E-state index < -0.39 is 4.92 Å². The zero-order chi connectivity index (χ0) is 13.1. The van der Waals surface area contributed by atoms with Crippen molar-refractivity contribution in [2.24, 2.45) is 0 Å². The van der Waals surface area contributed by atoms with Crippen molar-refractivity contribution in [3.8, 4) is 0 Å². The summed E-state index contributed by atoms with van der Waals surface area (Å²) in [5.41, 5.74) is 0.988. The van der Waals surface area contributed by atoms with Crippen molar-refractivity contribution in [2.45, 2.75) is 6.54 Å². The topological polar surface area (TPSA) is 66.7 Å². The molecule has 0 aliphatic carbocycles. The first kappa shape index (κ1) is 12.5. The third-order valence-corrected chi connectivity index (χ3v) is 3.03. The molecular formula is C12H15N3O3. The lowest BCUT2D eigenvalue weighted by Gasteiger charge is -2.32. The first-order valence-corrected chi connectivity index (χ1v) is 5.76. The molecule has 6 nitrogen and oxygen atoms in total. The summed E-state index contributed by atoms with van der Waals surface area (Å²) in [6, 6.07) is 6.33. The number of rotatable bonds is 3. The van der Waals surface area contributed by atoms with E-state index in [1.165, 1.54) is 12.1 Å². The summed E-state index contributed by atoms with van der Waals surface area (Å²) in [5, 5.41) is 10.5. The maximum Gasteiger partial charge on any atom is 0.269 e. The molecule has 2 rings (SSSR count). The second-order valence-corrected chi connectivity index (χ2v) is 4.48. The largest absolute Gasteiger partial charge is 0.336 e. The van der Waals surface area contributed by atoms with Crippen molar-refractivity contribution in [3.05, 3.63) is 39.9 Å². The smallest absolute Gasteiger partial charge is 0.269 e. The summed E-state index contributed by atoms with van der Waals surface area (Å²) in [6.45, 7) is 2.52. The Morgan fingerprint density at radius 2 is 1.94 bits per heavy atom. The summed E-state index contributed by atoms with van der Waals surface area (Å²) in [4.78, 5) is 25.6. The number of piperazine rings is 1. The summed E-state index contributed by atoms with van der Waals surface area (Å²) in [5.74, 6) is 0.0992. The fourth-order valence-electron chi connectivity index (χ4n) is 1.94. The first-order valence-electron chi connectivity index (χ1n) is 5.76. The molecule has 0 N–H and O–H groups in total. The summed E-state index contributed by atoms with van der Waals surface area (Å²) < 4.78 is 0.